The molecule has 92 valence electrons. The third-order valence-corrected chi connectivity index (χ3v) is 2.62. The van der Waals surface area contributed by atoms with Crippen LogP contribution in [0.2, 0.25) is 0 Å². The third kappa shape index (κ3) is 6.50. The average Bonchev–Trinajstić information content (AvgIpc) is 2.18. The van der Waals surface area contributed by atoms with E-state index in [2.05, 4.69) is 26.2 Å². The maximum Gasteiger partial charge on any atom is 0.239 e. The highest BCUT2D eigenvalue weighted by molar-refractivity contribution is 5.81. The van der Waals surface area contributed by atoms with Gasteiger partial charge in [0.05, 0.1) is 0 Å². The molecule has 1 amide bonds. The van der Waals surface area contributed by atoms with E-state index in [4.69, 9.17) is 5.84 Å². The van der Waals surface area contributed by atoms with Gasteiger partial charge in [-0.2, -0.15) is 0 Å². The number of nitrogens with two attached hydrogens (primary N) is 1. The number of amides is 1. The Labute approximate surface area is 94.8 Å². The van der Waals surface area contributed by atoms with E-state index in [-0.39, 0.29) is 16.7 Å². The molecule has 3 heteroatoms. The molecule has 0 saturated heterocycles. The Morgan fingerprint density at radius 1 is 1.20 bits per heavy atom. The van der Waals surface area contributed by atoms with E-state index in [0.717, 1.165) is 12.8 Å². The quantitative estimate of drug-likeness (QED) is 0.431. The minimum absolute atomic E-state index is 0.0889. The molecule has 3 N–H and O–H groups in total. The average molecular weight is 216 g/mol. The van der Waals surface area contributed by atoms with Crippen molar-refractivity contribution in [2.45, 2.75) is 61.3 Å². The topological polar surface area (TPSA) is 55.1 Å². The molecule has 0 aromatic rings. The highest BCUT2D eigenvalue weighted by atomic mass is 16.2. The SMILES string of the molecule is CC.CCC(C)(C)CC(C)(C)C(=O)NN. The van der Waals surface area contributed by atoms with Gasteiger partial charge in [0.15, 0.2) is 0 Å². The first-order valence-corrected chi connectivity index (χ1v) is 5.76. The summed E-state index contributed by atoms with van der Waals surface area (Å²) < 4.78 is 0. The highest BCUT2D eigenvalue weighted by Crippen LogP contribution is 2.35. The van der Waals surface area contributed by atoms with Gasteiger partial charge in [-0.3, -0.25) is 10.2 Å². The molecule has 0 radical (unpaired) electrons. The molecular weight excluding hydrogens is 188 g/mol. The number of rotatable bonds is 4. The Bertz CT molecular complexity index is 186. The lowest BCUT2D eigenvalue weighted by molar-refractivity contribution is -0.131. The molecule has 0 rings (SSSR count). The van der Waals surface area contributed by atoms with Crippen LogP contribution in [0.3, 0.4) is 0 Å². The Morgan fingerprint density at radius 3 is 1.87 bits per heavy atom. The van der Waals surface area contributed by atoms with Gasteiger partial charge in [-0.25, -0.2) is 5.84 Å². The summed E-state index contributed by atoms with van der Waals surface area (Å²) in [6.07, 6.45) is 1.91. The van der Waals surface area contributed by atoms with Crippen LogP contribution in [0.1, 0.15) is 61.3 Å². The molecule has 0 aromatic carbocycles. The lowest BCUT2D eigenvalue weighted by Crippen LogP contribution is -2.43. The number of carbonyl (C=O) groups is 1. The second-order valence-electron chi connectivity index (χ2n) is 5.05. The van der Waals surface area contributed by atoms with Gasteiger partial charge in [0.25, 0.3) is 0 Å². The van der Waals surface area contributed by atoms with E-state index in [1.54, 1.807) is 0 Å². The van der Waals surface area contributed by atoms with Gasteiger partial charge in [0, 0.05) is 5.41 Å². The van der Waals surface area contributed by atoms with Crippen molar-refractivity contribution in [1.29, 1.82) is 0 Å². The first kappa shape index (κ1) is 16.8. The predicted molar refractivity (Wildman–Crippen MR) is 66.1 cm³/mol. The minimum Gasteiger partial charge on any atom is -0.294 e. The van der Waals surface area contributed by atoms with E-state index in [1.165, 1.54) is 0 Å². The lowest BCUT2D eigenvalue weighted by Gasteiger charge is -2.32. The number of hydrazine groups is 1. The predicted octanol–water partition coefficient (Wildman–Crippen LogP) is 2.85. The summed E-state index contributed by atoms with van der Waals surface area (Å²) in [4.78, 5) is 11.4. The Hall–Kier alpha value is -0.570. The van der Waals surface area contributed by atoms with Crippen LogP contribution in [0.4, 0.5) is 0 Å². The monoisotopic (exact) mass is 216 g/mol. The van der Waals surface area contributed by atoms with Crippen molar-refractivity contribution in [3.8, 4) is 0 Å². The summed E-state index contributed by atoms with van der Waals surface area (Å²) in [5.74, 6) is 5.03. The molecule has 3 nitrogen and oxygen atoms in total. The van der Waals surface area contributed by atoms with Crippen LogP contribution in [-0.2, 0) is 4.79 Å². The van der Waals surface area contributed by atoms with Crippen molar-refractivity contribution in [2.75, 3.05) is 0 Å². The van der Waals surface area contributed by atoms with Gasteiger partial charge in [0.2, 0.25) is 5.91 Å². The second-order valence-corrected chi connectivity index (χ2v) is 5.05. The number of carbonyl (C=O) groups excluding carboxylic acids is 1. The van der Waals surface area contributed by atoms with Crippen molar-refractivity contribution in [3.63, 3.8) is 0 Å². The van der Waals surface area contributed by atoms with Crippen molar-refractivity contribution in [2.24, 2.45) is 16.7 Å². The molecular formula is C12H28N2O. The van der Waals surface area contributed by atoms with Crippen LogP contribution in [0, 0.1) is 10.8 Å². The van der Waals surface area contributed by atoms with Crippen molar-refractivity contribution >= 4 is 5.91 Å². The molecule has 0 saturated carbocycles. The van der Waals surface area contributed by atoms with Crippen molar-refractivity contribution < 1.29 is 4.79 Å². The second kappa shape index (κ2) is 6.83. The lowest BCUT2D eigenvalue weighted by atomic mass is 9.73. The van der Waals surface area contributed by atoms with Crippen LogP contribution in [0.5, 0.6) is 0 Å². The normalized spacial score (nSPS) is 11.5. The Kier molecular flexibility index (Phi) is 7.67. The van der Waals surface area contributed by atoms with E-state index in [0.29, 0.717) is 0 Å². The Balaban J connectivity index is 0. The minimum atomic E-state index is -0.381. The summed E-state index contributed by atoms with van der Waals surface area (Å²) >= 11 is 0. The van der Waals surface area contributed by atoms with E-state index < -0.39 is 0 Å². The molecule has 0 fully saturated rings. The molecule has 0 bridgehead atoms. The first-order valence-electron chi connectivity index (χ1n) is 5.76. The summed E-state index contributed by atoms with van der Waals surface area (Å²) in [5, 5.41) is 0. The summed E-state index contributed by atoms with van der Waals surface area (Å²) in [5.41, 5.74) is 2.02. The molecule has 0 aliphatic heterocycles. The van der Waals surface area contributed by atoms with Crippen molar-refractivity contribution in [3.05, 3.63) is 0 Å². The van der Waals surface area contributed by atoms with Gasteiger partial charge < -0.3 is 0 Å². The number of hydrogen-bond acceptors (Lipinski definition) is 2. The molecule has 15 heavy (non-hydrogen) atoms. The molecule has 0 aliphatic carbocycles. The van der Waals surface area contributed by atoms with Crippen LogP contribution in [0.15, 0.2) is 0 Å². The Morgan fingerprint density at radius 2 is 1.60 bits per heavy atom. The standard InChI is InChI=1S/C10H22N2O.C2H6/c1-6-9(2,3)7-10(4,5)8(13)12-11;1-2/h6-7,11H2,1-5H3,(H,12,13);1-2H3. The fraction of sp³-hybridized carbons (Fsp3) is 0.917. The first-order chi connectivity index (χ1) is 6.75. The number of nitrogens with one attached hydrogen (secondary N) is 1. The van der Waals surface area contributed by atoms with Gasteiger partial charge in [0.1, 0.15) is 0 Å². The summed E-state index contributed by atoms with van der Waals surface area (Å²) in [6.45, 7) is 14.3. The maximum absolute atomic E-state index is 11.4. The molecule has 0 aromatic heterocycles. The van der Waals surface area contributed by atoms with Gasteiger partial charge in [-0.15, -0.1) is 0 Å². The zero-order valence-corrected chi connectivity index (χ0v) is 11.4. The molecule has 0 heterocycles. The van der Waals surface area contributed by atoms with Crippen LogP contribution < -0.4 is 11.3 Å². The molecule has 0 atom stereocenters. The zero-order chi connectivity index (χ0) is 12.7. The summed E-state index contributed by atoms with van der Waals surface area (Å²) in [7, 11) is 0. The van der Waals surface area contributed by atoms with Gasteiger partial charge in [-0.05, 0) is 11.8 Å². The van der Waals surface area contributed by atoms with Crippen molar-refractivity contribution in [1.82, 2.24) is 5.43 Å². The number of hydrogen-bond donors (Lipinski definition) is 2. The van der Waals surface area contributed by atoms with Gasteiger partial charge in [-0.1, -0.05) is 54.9 Å². The molecule has 0 spiro atoms. The largest absolute Gasteiger partial charge is 0.294 e. The maximum atomic E-state index is 11.4. The van der Waals surface area contributed by atoms with E-state index >= 15 is 0 Å². The smallest absolute Gasteiger partial charge is 0.239 e. The van der Waals surface area contributed by atoms with E-state index in [9.17, 15) is 4.79 Å². The van der Waals surface area contributed by atoms with Gasteiger partial charge >= 0.3 is 0 Å². The molecule has 0 unspecified atom stereocenters. The van der Waals surface area contributed by atoms with E-state index in [1.807, 2.05) is 27.7 Å². The fourth-order valence-corrected chi connectivity index (χ4v) is 1.60. The zero-order valence-electron chi connectivity index (χ0n) is 11.4. The fourth-order valence-electron chi connectivity index (χ4n) is 1.60. The highest BCUT2D eigenvalue weighted by Gasteiger charge is 2.33. The third-order valence-electron chi connectivity index (χ3n) is 2.62. The van der Waals surface area contributed by atoms with Crippen LogP contribution in [0.25, 0.3) is 0 Å². The van der Waals surface area contributed by atoms with Crippen LogP contribution >= 0.6 is 0 Å². The van der Waals surface area contributed by atoms with Crippen LogP contribution in [-0.4, -0.2) is 5.91 Å². The molecule has 0 aliphatic rings. The summed E-state index contributed by atoms with van der Waals surface area (Å²) in [6, 6.07) is 0.